The fourth-order valence-corrected chi connectivity index (χ4v) is 2.62. The van der Waals surface area contributed by atoms with Gasteiger partial charge >= 0.3 is 0 Å². The predicted molar refractivity (Wildman–Crippen MR) is 93.3 cm³/mol. The van der Waals surface area contributed by atoms with Crippen molar-refractivity contribution in [3.05, 3.63) is 53.9 Å². The van der Waals surface area contributed by atoms with Crippen LogP contribution in [0.5, 0.6) is 0 Å². The van der Waals surface area contributed by atoms with Gasteiger partial charge in [0.1, 0.15) is 0 Å². The van der Waals surface area contributed by atoms with Crippen LogP contribution >= 0.6 is 0 Å². The highest BCUT2D eigenvalue weighted by Gasteiger charge is 2.33. The molecule has 1 saturated carbocycles. The number of aliphatic imine (C=N–C) groups is 1. The number of hydrogen-bond acceptors (Lipinski definition) is 2. The van der Waals surface area contributed by atoms with Gasteiger partial charge in [0, 0.05) is 25.0 Å². The van der Waals surface area contributed by atoms with E-state index in [-0.39, 0.29) is 0 Å². The molecule has 1 aliphatic rings. The standard InChI is InChI=1S/C18H25N5/c1-3-19-18(22-17-11-14(17)2)20-12-15-7-4-5-8-16(15)13-23-10-6-9-21-23/h4-10,14,17H,3,11-13H2,1-2H3,(H2,19,20,22). The molecule has 2 atom stereocenters. The number of benzene rings is 1. The van der Waals surface area contributed by atoms with E-state index in [2.05, 4.69) is 53.8 Å². The summed E-state index contributed by atoms with van der Waals surface area (Å²) >= 11 is 0. The fourth-order valence-electron chi connectivity index (χ4n) is 2.62. The Morgan fingerprint density at radius 3 is 2.74 bits per heavy atom. The van der Waals surface area contributed by atoms with Gasteiger partial charge in [0.25, 0.3) is 0 Å². The van der Waals surface area contributed by atoms with E-state index in [0.717, 1.165) is 25.0 Å². The van der Waals surface area contributed by atoms with Crippen LogP contribution in [0.2, 0.25) is 0 Å². The molecule has 0 amide bonds. The maximum absolute atomic E-state index is 4.75. The molecule has 3 rings (SSSR count). The Morgan fingerprint density at radius 1 is 1.30 bits per heavy atom. The number of aromatic nitrogens is 2. The van der Waals surface area contributed by atoms with Gasteiger partial charge in [-0.2, -0.15) is 5.10 Å². The van der Waals surface area contributed by atoms with Crippen molar-refractivity contribution < 1.29 is 0 Å². The lowest BCUT2D eigenvalue weighted by molar-refractivity contribution is 0.680. The summed E-state index contributed by atoms with van der Waals surface area (Å²) in [5.41, 5.74) is 2.50. The van der Waals surface area contributed by atoms with Crippen molar-refractivity contribution in [1.82, 2.24) is 20.4 Å². The monoisotopic (exact) mass is 311 g/mol. The van der Waals surface area contributed by atoms with Crippen molar-refractivity contribution in [2.45, 2.75) is 39.4 Å². The van der Waals surface area contributed by atoms with Gasteiger partial charge in [0.15, 0.2) is 5.96 Å². The zero-order chi connectivity index (χ0) is 16.1. The maximum Gasteiger partial charge on any atom is 0.191 e. The Morgan fingerprint density at radius 2 is 2.09 bits per heavy atom. The third-order valence-corrected chi connectivity index (χ3v) is 4.19. The molecule has 0 aliphatic heterocycles. The molecule has 122 valence electrons. The highest BCUT2D eigenvalue weighted by Crippen LogP contribution is 2.28. The second-order valence-corrected chi connectivity index (χ2v) is 6.13. The van der Waals surface area contributed by atoms with E-state index < -0.39 is 0 Å². The van der Waals surface area contributed by atoms with E-state index in [1.54, 1.807) is 0 Å². The van der Waals surface area contributed by atoms with Gasteiger partial charge in [-0.25, -0.2) is 4.99 Å². The zero-order valence-electron chi connectivity index (χ0n) is 13.9. The normalized spacial score (nSPS) is 20.3. The molecule has 5 heteroatoms. The van der Waals surface area contributed by atoms with Crippen LogP contribution in [0.3, 0.4) is 0 Å². The average Bonchev–Trinajstić information content (AvgIpc) is 3.01. The number of guanidine groups is 1. The van der Waals surface area contributed by atoms with Gasteiger partial charge in [0.05, 0.1) is 13.1 Å². The highest BCUT2D eigenvalue weighted by molar-refractivity contribution is 5.80. The molecule has 0 bridgehead atoms. The Balaban J connectivity index is 1.69. The smallest absolute Gasteiger partial charge is 0.191 e. The van der Waals surface area contributed by atoms with Gasteiger partial charge in [-0.15, -0.1) is 0 Å². The van der Waals surface area contributed by atoms with E-state index in [0.29, 0.717) is 12.6 Å². The van der Waals surface area contributed by atoms with Crippen LogP contribution in [0, 0.1) is 5.92 Å². The molecular weight excluding hydrogens is 286 g/mol. The number of nitrogens with zero attached hydrogens (tertiary/aromatic N) is 3. The van der Waals surface area contributed by atoms with Gasteiger partial charge in [-0.05, 0) is 36.5 Å². The van der Waals surface area contributed by atoms with Crippen LogP contribution in [-0.4, -0.2) is 28.3 Å². The number of hydrogen-bond donors (Lipinski definition) is 2. The molecule has 0 spiro atoms. The summed E-state index contributed by atoms with van der Waals surface area (Å²) < 4.78 is 1.94. The topological polar surface area (TPSA) is 54.2 Å². The van der Waals surface area contributed by atoms with Gasteiger partial charge < -0.3 is 10.6 Å². The molecule has 0 saturated heterocycles. The van der Waals surface area contributed by atoms with Gasteiger partial charge in [-0.1, -0.05) is 31.2 Å². The minimum absolute atomic E-state index is 0.576. The molecule has 0 radical (unpaired) electrons. The van der Waals surface area contributed by atoms with Crippen molar-refractivity contribution >= 4 is 5.96 Å². The summed E-state index contributed by atoms with van der Waals surface area (Å²) in [5.74, 6) is 1.67. The SMILES string of the molecule is CCNC(=NCc1ccccc1Cn1cccn1)NC1CC1C. The molecule has 1 heterocycles. The Labute approximate surface area is 137 Å². The van der Waals surface area contributed by atoms with E-state index in [4.69, 9.17) is 4.99 Å². The van der Waals surface area contributed by atoms with Crippen molar-refractivity contribution in [3.63, 3.8) is 0 Å². The van der Waals surface area contributed by atoms with Crippen LogP contribution in [0.15, 0.2) is 47.7 Å². The summed E-state index contributed by atoms with van der Waals surface area (Å²) in [4.78, 5) is 4.75. The summed E-state index contributed by atoms with van der Waals surface area (Å²) in [5, 5.41) is 11.1. The molecule has 2 N–H and O–H groups in total. The van der Waals surface area contributed by atoms with E-state index in [9.17, 15) is 0 Å². The molecule has 23 heavy (non-hydrogen) atoms. The van der Waals surface area contributed by atoms with Gasteiger partial charge in [0.2, 0.25) is 0 Å². The Hall–Kier alpha value is -2.30. The largest absolute Gasteiger partial charge is 0.357 e. The quantitative estimate of drug-likeness (QED) is 0.636. The molecule has 1 aromatic carbocycles. The van der Waals surface area contributed by atoms with E-state index >= 15 is 0 Å². The fraction of sp³-hybridized carbons (Fsp3) is 0.444. The third kappa shape index (κ3) is 4.34. The average molecular weight is 311 g/mol. The minimum Gasteiger partial charge on any atom is -0.357 e. The molecule has 2 aromatic rings. The van der Waals surface area contributed by atoms with Crippen molar-refractivity contribution in [1.29, 1.82) is 0 Å². The summed E-state index contributed by atoms with van der Waals surface area (Å²) in [6, 6.07) is 11.0. The lowest BCUT2D eigenvalue weighted by Gasteiger charge is -2.12. The van der Waals surface area contributed by atoms with Crippen LogP contribution in [0.1, 0.15) is 31.4 Å². The first-order chi connectivity index (χ1) is 11.3. The number of nitrogens with one attached hydrogen (secondary N) is 2. The van der Waals surface area contributed by atoms with Crippen molar-refractivity contribution in [3.8, 4) is 0 Å². The van der Waals surface area contributed by atoms with Crippen molar-refractivity contribution in [2.75, 3.05) is 6.54 Å². The lowest BCUT2D eigenvalue weighted by atomic mass is 10.1. The first-order valence-corrected chi connectivity index (χ1v) is 8.35. The van der Waals surface area contributed by atoms with Crippen LogP contribution in [0.25, 0.3) is 0 Å². The molecular formula is C18H25N5. The molecule has 1 aliphatic carbocycles. The highest BCUT2D eigenvalue weighted by atomic mass is 15.3. The predicted octanol–water partition coefficient (Wildman–Crippen LogP) is 2.39. The van der Waals surface area contributed by atoms with E-state index in [1.807, 2.05) is 23.1 Å². The van der Waals surface area contributed by atoms with Crippen LogP contribution in [-0.2, 0) is 13.1 Å². The first kappa shape index (κ1) is 15.6. The maximum atomic E-state index is 4.75. The third-order valence-electron chi connectivity index (χ3n) is 4.19. The summed E-state index contributed by atoms with van der Waals surface area (Å²) in [7, 11) is 0. The Kier molecular flexibility index (Phi) is 4.95. The second kappa shape index (κ2) is 7.31. The van der Waals surface area contributed by atoms with Gasteiger partial charge in [-0.3, -0.25) is 4.68 Å². The minimum atomic E-state index is 0.576. The number of rotatable bonds is 6. The molecule has 1 aromatic heterocycles. The zero-order valence-corrected chi connectivity index (χ0v) is 13.9. The molecule has 1 fully saturated rings. The summed E-state index contributed by atoms with van der Waals surface area (Å²) in [6.45, 7) is 6.69. The summed E-state index contributed by atoms with van der Waals surface area (Å²) in [6.07, 6.45) is 5.03. The van der Waals surface area contributed by atoms with Crippen LogP contribution < -0.4 is 10.6 Å². The van der Waals surface area contributed by atoms with Crippen molar-refractivity contribution in [2.24, 2.45) is 10.9 Å². The van der Waals surface area contributed by atoms with E-state index in [1.165, 1.54) is 17.5 Å². The second-order valence-electron chi connectivity index (χ2n) is 6.13. The molecule has 5 nitrogen and oxygen atoms in total. The Bertz CT molecular complexity index is 647. The first-order valence-electron chi connectivity index (χ1n) is 8.35. The molecule has 2 unspecified atom stereocenters. The lowest BCUT2D eigenvalue weighted by Crippen LogP contribution is -2.39. The van der Waals surface area contributed by atoms with Crippen LogP contribution in [0.4, 0.5) is 0 Å².